The molecule has 1 aromatic carbocycles. The SMILES string of the molecule is C=C(N)CCCCC(=C)c1ccc(CN)cc1. The monoisotopic (exact) mass is 230 g/mol. The summed E-state index contributed by atoms with van der Waals surface area (Å²) in [4.78, 5) is 0. The summed E-state index contributed by atoms with van der Waals surface area (Å²) in [7, 11) is 0. The lowest BCUT2D eigenvalue weighted by Gasteiger charge is -2.07. The first kappa shape index (κ1) is 13.5. The summed E-state index contributed by atoms with van der Waals surface area (Å²) in [5.74, 6) is 0. The Balaban J connectivity index is 2.38. The maximum atomic E-state index is 5.56. The zero-order chi connectivity index (χ0) is 12.7. The van der Waals surface area contributed by atoms with E-state index in [1.165, 1.54) is 11.1 Å². The fourth-order valence-electron chi connectivity index (χ4n) is 1.71. The highest BCUT2D eigenvalue weighted by Crippen LogP contribution is 2.20. The molecule has 0 aromatic heterocycles. The van der Waals surface area contributed by atoms with Gasteiger partial charge in [-0.25, -0.2) is 0 Å². The van der Waals surface area contributed by atoms with Crippen molar-refractivity contribution in [2.24, 2.45) is 11.5 Å². The highest BCUT2D eigenvalue weighted by Gasteiger charge is 1.99. The molecule has 0 amide bonds. The van der Waals surface area contributed by atoms with Gasteiger partial charge in [-0.05, 0) is 42.4 Å². The standard InChI is InChI=1S/C15H22N2/c1-12(5-3-4-6-13(2)17)15-9-7-14(11-16)8-10-15/h7-10H,1-6,11,16-17H2. The van der Waals surface area contributed by atoms with Crippen molar-refractivity contribution >= 4 is 5.57 Å². The summed E-state index contributed by atoms with van der Waals surface area (Å²) in [6.45, 7) is 8.39. The predicted octanol–water partition coefficient (Wildman–Crippen LogP) is 3.19. The lowest BCUT2D eigenvalue weighted by Crippen LogP contribution is -1.96. The largest absolute Gasteiger partial charge is 0.403 e. The Labute approximate surface area is 104 Å². The van der Waals surface area contributed by atoms with Crippen LogP contribution in [0.5, 0.6) is 0 Å². The van der Waals surface area contributed by atoms with Crippen molar-refractivity contribution in [3.63, 3.8) is 0 Å². The summed E-state index contributed by atoms with van der Waals surface area (Å²) in [5, 5.41) is 0. The molecule has 2 heteroatoms. The van der Waals surface area contributed by atoms with Crippen molar-refractivity contribution in [2.45, 2.75) is 32.2 Å². The van der Waals surface area contributed by atoms with E-state index in [1.54, 1.807) is 0 Å². The number of nitrogens with two attached hydrogens (primary N) is 2. The van der Waals surface area contributed by atoms with Crippen LogP contribution in [-0.2, 0) is 6.54 Å². The molecule has 0 radical (unpaired) electrons. The van der Waals surface area contributed by atoms with Gasteiger partial charge in [-0.3, -0.25) is 0 Å². The predicted molar refractivity (Wildman–Crippen MR) is 75.2 cm³/mol. The summed E-state index contributed by atoms with van der Waals surface area (Å²) < 4.78 is 0. The van der Waals surface area contributed by atoms with Crippen molar-refractivity contribution in [3.05, 3.63) is 54.2 Å². The van der Waals surface area contributed by atoms with Gasteiger partial charge in [0.25, 0.3) is 0 Å². The maximum absolute atomic E-state index is 5.56. The Morgan fingerprint density at radius 1 is 1.00 bits per heavy atom. The van der Waals surface area contributed by atoms with E-state index in [-0.39, 0.29) is 0 Å². The summed E-state index contributed by atoms with van der Waals surface area (Å²) in [6, 6.07) is 8.29. The number of hydrogen-bond acceptors (Lipinski definition) is 2. The number of hydrogen-bond donors (Lipinski definition) is 2. The number of rotatable bonds is 7. The smallest absolute Gasteiger partial charge is 0.0178 e. The third-order valence-corrected chi connectivity index (χ3v) is 2.82. The van der Waals surface area contributed by atoms with Crippen LogP contribution in [0, 0.1) is 0 Å². The molecule has 0 aliphatic heterocycles. The van der Waals surface area contributed by atoms with E-state index in [1.807, 2.05) is 0 Å². The zero-order valence-electron chi connectivity index (χ0n) is 10.4. The maximum Gasteiger partial charge on any atom is 0.0178 e. The second kappa shape index (κ2) is 6.92. The van der Waals surface area contributed by atoms with Gasteiger partial charge in [-0.1, -0.05) is 37.4 Å². The molecule has 0 aliphatic carbocycles. The molecular weight excluding hydrogens is 208 g/mol. The van der Waals surface area contributed by atoms with Gasteiger partial charge in [-0.2, -0.15) is 0 Å². The van der Waals surface area contributed by atoms with Crippen molar-refractivity contribution < 1.29 is 0 Å². The van der Waals surface area contributed by atoms with Crippen LogP contribution in [0.4, 0.5) is 0 Å². The third kappa shape index (κ3) is 4.87. The number of allylic oxidation sites excluding steroid dienone is 2. The normalized spacial score (nSPS) is 10.2. The lowest BCUT2D eigenvalue weighted by atomic mass is 10.00. The van der Waals surface area contributed by atoms with Gasteiger partial charge in [0.2, 0.25) is 0 Å². The van der Waals surface area contributed by atoms with Crippen molar-refractivity contribution in [3.8, 4) is 0 Å². The minimum Gasteiger partial charge on any atom is -0.403 e. The summed E-state index contributed by atoms with van der Waals surface area (Å²) in [6.07, 6.45) is 4.09. The van der Waals surface area contributed by atoms with Crippen LogP contribution in [0.25, 0.3) is 5.57 Å². The molecule has 17 heavy (non-hydrogen) atoms. The van der Waals surface area contributed by atoms with Crippen LogP contribution in [0.15, 0.2) is 43.1 Å². The van der Waals surface area contributed by atoms with E-state index in [4.69, 9.17) is 11.5 Å². The highest BCUT2D eigenvalue weighted by atomic mass is 14.5. The summed E-state index contributed by atoms with van der Waals surface area (Å²) in [5.41, 5.74) is 15.4. The van der Waals surface area contributed by atoms with Gasteiger partial charge in [0.15, 0.2) is 0 Å². The van der Waals surface area contributed by atoms with Crippen molar-refractivity contribution in [1.82, 2.24) is 0 Å². The number of unbranched alkanes of at least 4 members (excludes halogenated alkanes) is 1. The molecule has 0 saturated carbocycles. The van der Waals surface area contributed by atoms with E-state index in [0.717, 1.165) is 36.9 Å². The van der Waals surface area contributed by atoms with E-state index in [2.05, 4.69) is 37.4 Å². The Bertz CT molecular complexity index is 376. The molecule has 0 bridgehead atoms. The van der Waals surface area contributed by atoms with Gasteiger partial charge in [-0.15, -0.1) is 0 Å². The molecular formula is C15H22N2. The minimum absolute atomic E-state index is 0.589. The van der Waals surface area contributed by atoms with Gasteiger partial charge in [0.05, 0.1) is 0 Å². The fourth-order valence-corrected chi connectivity index (χ4v) is 1.71. The molecule has 2 nitrogen and oxygen atoms in total. The van der Waals surface area contributed by atoms with Gasteiger partial charge in [0.1, 0.15) is 0 Å². The van der Waals surface area contributed by atoms with Crippen LogP contribution in [0.3, 0.4) is 0 Å². The second-order valence-corrected chi connectivity index (χ2v) is 4.37. The average Bonchev–Trinajstić information content (AvgIpc) is 2.34. The molecule has 0 heterocycles. The summed E-state index contributed by atoms with van der Waals surface area (Å²) >= 11 is 0. The first-order chi connectivity index (χ1) is 8.13. The number of benzene rings is 1. The molecule has 0 unspecified atom stereocenters. The van der Waals surface area contributed by atoms with Crippen LogP contribution < -0.4 is 11.5 Å². The van der Waals surface area contributed by atoms with Gasteiger partial charge in [0, 0.05) is 12.2 Å². The van der Waals surface area contributed by atoms with E-state index in [0.29, 0.717) is 6.54 Å². The van der Waals surface area contributed by atoms with Gasteiger partial charge >= 0.3 is 0 Å². The molecule has 0 aliphatic rings. The van der Waals surface area contributed by atoms with Crippen LogP contribution >= 0.6 is 0 Å². The quantitative estimate of drug-likeness (QED) is 0.707. The first-order valence-corrected chi connectivity index (χ1v) is 6.04. The zero-order valence-corrected chi connectivity index (χ0v) is 10.4. The molecule has 1 rings (SSSR count). The topological polar surface area (TPSA) is 52.0 Å². The second-order valence-electron chi connectivity index (χ2n) is 4.37. The molecule has 0 saturated heterocycles. The minimum atomic E-state index is 0.589. The van der Waals surface area contributed by atoms with Crippen molar-refractivity contribution in [1.29, 1.82) is 0 Å². The third-order valence-electron chi connectivity index (χ3n) is 2.82. The molecule has 4 N–H and O–H groups in total. The van der Waals surface area contributed by atoms with Crippen molar-refractivity contribution in [2.75, 3.05) is 0 Å². The first-order valence-electron chi connectivity index (χ1n) is 6.04. The van der Waals surface area contributed by atoms with Crippen LogP contribution in [0.1, 0.15) is 36.8 Å². The van der Waals surface area contributed by atoms with Gasteiger partial charge < -0.3 is 11.5 Å². The van der Waals surface area contributed by atoms with E-state index < -0.39 is 0 Å². The van der Waals surface area contributed by atoms with Crippen LogP contribution in [0.2, 0.25) is 0 Å². The Morgan fingerprint density at radius 3 is 2.12 bits per heavy atom. The molecule has 0 fully saturated rings. The Kier molecular flexibility index (Phi) is 5.50. The Morgan fingerprint density at radius 2 is 1.59 bits per heavy atom. The Hall–Kier alpha value is -1.54. The van der Waals surface area contributed by atoms with E-state index >= 15 is 0 Å². The fraction of sp³-hybridized carbons (Fsp3) is 0.333. The lowest BCUT2D eigenvalue weighted by molar-refractivity contribution is 0.746. The molecule has 1 aromatic rings. The molecule has 0 atom stereocenters. The molecule has 92 valence electrons. The molecule has 0 spiro atoms. The van der Waals surface area contributed by atoms with E-state index in [9.17, 15) is 0 Å². The van der Waals surface area contributed by atoms with Crippen LogP contribution in [-0.4, -0.2) is 0 Å². The average molecular weight is 230 g/mol. The highest BCUT2D eigenvalue weighted by molar-refractivity contribution is 5.63.